The zero-order chi connectivity index (χ0) is 24.3. The highest BCUT2D eigenvalue weighted by molar-refractivity contribution is 5.89. The van der Waals surface area contributed by atoms with Gasteiger partial charge in [-0.05, 0) is 61.1 Å². The zero-order valence-corrected chi connectivity index (χ0v) is 18.7. The molecule has 3 aromatic rings. The van der Waals surface area contributed by atoms with E-state index in [0.29, 0.717) is 25.7 Å². The third-order valence-corrected chi connectivity index (χ3v) is 6.48. The number of nitriles is 1. The van der Waals surface area contributed by atoms with Crippen molar-refractivity contribution < 1.29 is 28.6 Å². The summed E-state index contributed by atoms with van der Waals surface area (Å²) in [6, 6.07) is 17.6. The SMILES string of the molecule is C[C@]1(C(=O)OCc2cccc3ccccc23)CC[C@@H](Oc2cc(C(=O)O)c(F)cc2C#N)CC1. The molecular weight excluding hydrogens is 437 g/mol. The van der Waals surface area contributed by atoms with Crippen molar-refractivity contribution in [1.29, 1.82) is 5.26 Å². The molecule has 1 N–H and O–H groups in total. The number of esters is 1. The van der Waals surface area contributed by atoms with Gasteiger partial charge >= 0.3 is 11.9 Å². The van der Waals surface area contributed by atoms with Gasteiger partial charge in [-0.15, -0.1) is 0 Å². The van der Waals surface area contributed by atoms with Crippen molar-refractivity contribution in [3.05, 3.63) is 77.1 Å². The standard InChI is InChI=1S/C27H24FNO5/c1-27(26(32)33-16-18-7-4-6-17-5-2-3-8-21(17)18)11-9-20(10-12-27)34-24-14-22(25(30)31)23(28)13-19(24)15-29/h2-8,13-14,20H,9-12,16H2,1H3,(H,30,31)/t20-,27+. The van der Waals surface area contributed by atoms with Gasteiger partial charge in [-0.2, -0.15) is 5.26 Å². The summed E-state index contributed by atoms with van der Waals surface area (Å²) in [7, 11) is 0. The number of fused-ring (bicyclic) bond motifs is 1. The smallest absolute Gasteiger partial charge is 0.338 e. The Bertz CT molecular complexity index is 1280. The van der Waals surface area contributed by atoms with E-state index in [1.54, 1.807) is 0 Å². The van der Waals surface area contributed by atoms with Crippen LogP contribution in [0.25, 0.3) is 10.8 Å². The van der Waals surface area contributed by atoms with Crippen LogP contribution in [0.1, 0.15) is 54.1 Å². The Hall–Kier alpha value is -3.92. The van der Waals surface area contributed by atoms with Gasteiger partial charge in [-0.3, -0.25) is 4.79 Å². The van der Waals surface area contributed by atoms with Crippen LogP contribution in [0.4, 0.5) is 4.39 Å². The van der Waals surface area contributed by atoms with E-state index in [4.69, 9.17) is 14.6 Å². The van der Waals surface area contributed by atoms with Crippen LogP contribution in [0.3, 0.4) is 0 Å². The fourth-order valence-electron chi connectivity index (χ4n) is 4.37. The lowest BCUT2D eigenvalue weighted by Gasteiger charge is -2.35. The summed E-state index contributed by atoms with van der Waals surface area (Å²) in [5, 5.41) is 20.6. The maximum atomic E-state index is 13.9. The number of rotatable bonds is 6. The Labute approximate surface area is 196 Å². The molecule has 1 aliphatic rings. The first-order valence-corrected chi connectivity index (χ1v) is 11.1. The van der Waals surface area contributed by atoms with Crippen LogP contribution in [0.15, 0.2) is 54.6 Å². The minimum Gasteiger partial charge on any atom is -0.489 e. The Morgan fingerprint density at radius 1 is 1.15 bits per heavy atom. The molecule has 1 aliphatic carbocycles. The number of benzene rings is 3. The predicted molar refractivity (Wildman–Crippen MR) is 123 cm³/mol. The zero-order valence-electron chi connectivity index (χ0n) is 18.7. The van der Waals surface area contributed by atoms with E-state index < -0.39 is 22.8 Å². The molecule has 0 amide bonds. The molecule has 0 heterocycles. The molecule has 0 radical (unpaired) electrons. The van der Waals surface area contributed by atoms with Gasteiger partial charge in [0.25, 0.3) is 0 Å². The van der Waals surface area contributed by atoms with Gasteiger partial charge in [0.05, 0.1) is 22.6 Å². The van der Waals surface area contributed by atoms with E-state index in [-0.39, 0.29) is 30.0 Å². The maximum Gasteiger partial charge on any atom is 0.338 e. The minimum absolute atomic E-state index is 0.0356. The molecule has 6 nitrogen and oxygen atoms in total. The first-order valence-electron chi connectivity index (χ1n) is 11.1. The monoisotopic (exact) mass is 461 g/mol. The van der Waals surface area contributed by atoms with Crippen LogP contribution >= 0.6 is 0 Å². The molecule has 1 saturated carbocycles. The number of aromatic carboxylic acids is 1. The fraction of sp³-hybridized carbons (Fsp3) is 0.296. The van der Waals surface area contributed by atoms with Gasteiger partial charge in [-0.25, -0.2) is 9.18 Å². The summed E-state index contributed by atoms with van der Waals surface area (Å²) < 4.78 is 25.4. The summed E-state index contributed by atoms with van der Waals surface area (Å²) in [5.41, 5.74) is -0.337. The van der Waals surface area contributed by atoms with Gasteiger partial charge in [0.2, 0.25) is 0 Å². The highest BCUT2D eigenvalue weighted by Crippen LogP contribution is 2.39. The second-order valence-corrected chi connectivity index (χ2v) is 8.84. The van der Waals surface area contributed by atoms with Crippen molar-refractivity contribution >= 4 is 22.7 Å². The normalized spacial score (nSPS) is 19.9. The Morgan fingerprint density at radius 3 is 2.56 bits per heavy atom. The van der Waals surface area contributed by atoms with Crippen LogP contribution in [-0.2, 0) is 16.1 Å². The second kappa shape index (κ2) is 9.52. The number of nitrogens with zero attached hydrogens (tertiary/aromatic N) is 1. The number of carbonyl (C=O) groups excluding carboxylic acids is 1. The summed E-state index contributed by atoms with van der Waals surface area (Å²) in [5.74, 6) is -2.65. The van der Waals surface area contributed by atoms with Crippen molar-refractivity contribution in [3.8, 4) is 11.8 Å². The van der Waals surface area contributed by atoms with E-state index in [9.17, 15) is 19.2 Å². The Balaban J connectivity index is 1.39. The summed E-state index contributed by atoms with van der Waals surface area (Å²) in [6.07, 6.45) is 1.75. The summed E-state index contributed by atoms with van der Waals surface area (Å²) in [4.78, 5) is 24.2. The lowest BCUT2D eigenvalue weighted by Crippen LogP contribution is -2.37. The molecule has 0 aromatic heterocycles. The number of carboxylic acid groups (broad SMARTS) is 1. The topological polar surface area (TPSA) is 96.6 Å². The van der Waals surface area contributed by atoms with Crippen LogP contribution in [-0.4, -0.2) is 23.1 Å². The van der Waals surface area contributed by atoms with Gasteiger partial charge in [-0.1, -0.05) is 42.5 Å². The fourth-order valence-corrected chi connectivity index (χ4v) is 4.37. The molecule has 3 aromatic carbocycles. The molecule has 0 aliphatic heterocycles. The molecule has 174 valence electrons. The average Bonchev–Trinajstić information content (AvgIpc) is 2.84. The third-order valence-electron chi connectivity index (χ3n) is 6.48. The lowest BCUT2D eigenvalue weighted by atomic mass is 9.74. The molecule has 34 heavy (non-hydrogen) atoms. The second-order valence-electron chi connectivity index (χ2n) is 8.84. The summed E-state index contributed by atoms with van der Waals surface area (Å²) in [6.45, 7) is 2.06. The Morgan fingerprint density at radius 2 is 1.85 bits per heavy atom. The quantitative estimate of drug-likeness (QED) is 0.479. The highest BCUT2D eigenvalue weighted by atomic mass is 19.1. The molecule has 0 spiro atoms. The molecule has 4 rings (SSSR count). The van der Waals surface area contributed by atoms with Gasteiger partial charge in [0.1, 0.15) is 24.2 Å². The third kappa shape index (κ3) is 4.72. The first kappa shape index (κ1) is 23.2. The van der Waals surface area contributed by atoms with Gasteiger partial charge in [0.15, 0.2) is 0 Å². The predicted octanol–water partition coefficient (Wildman–Crippen LogP) is 5.62. The first-order chi connectivity index (χ1) is 16.3. The molecule has 0 bridgehead atoms. The molecular formula is C27H24FNO5. The molecule has 0 atom stereocenters. The van der Waals surface area contributed by atoms with Crippen LogP contribution in [0, 0.1) is 22.6 Å². The average molecular weight is 461 g/mol. The minimum atomic E-state index is -1.43. The van der Waals surface area contributed by atoms with Crippen molar-refractivity contribution in [3.63, 3.8) is 0 Å². The summed E-state index contributed by atoms with van der Waals surface area (Å²) >= 11 is 0. The maximum absolute atomic E-state index is 13.9. The van der Waals surface area contributed by atoms with Crippen molar-refractivity contribution in [2.45, 2.75) is 45.3 Å². The van der Waals surface area contributed by atoms with Crippen LogP contribution in [0.5, 0.6) is 5.75 Å². The largest absolute Gasteiger partial charge is 0.489 e. The lowest BCUT2D eigenvalue weighted by molar-refractivity contribution is -0.159. The molecule has 7 heteroatoms. The van der Waals surface area contributed by atoms with Gasteiger partial charge in [0, 0.05) is 0 Å². The number of ether oxygens (including phenoxy) is 2. The number of halogens is 1. The van der Waals surface area contributed by atoms with E-state index >= 15 is 0 Å². The number of hydrogen-bond acceptors (Lipinski definition) is 5. The van der Waals surface area contributed by atoms with E-state index in [2.05, 4.69) is 0 Å². The van der Waals surface area contributed by atoms with E-state index in [0.717, 1.165) is 28.5 Å². The molecule has 0 unspecified atom stereocenters. The number of carbonyl (C=O) groups is 2. The Kier molecular flexibility index (Phi) is 6.51. The highest BCUT2D eigenvalue weighted by Gasteiger charge is 2.40. The number of carboxylic acids is 1. The van der Waals surface area contributed by atoms with E-state index in [1.807, 2.05) is 55.5 Å². The molecule has 0 saturated heterocycles. The van der Waals surface area contributed by atoms with Crippen molar-refractivity contribution in [2.75, 3.05) is 0 Å². The van der Waals surface area contributed by atoms with Crippen molar-refractivity contribution in [2.24, 2.45) is 5.41 Å². The van der Waals surface area contributed by atoms with Gasteiger partial charge < -0.3 is 14.6 Å². The van der Waals surface area contributed by atoms with E-state index in [1.165, 1.54) is 0 Å². The van der Waals surface area contributed by atoms with Crippen LogP contribution in [0.2, 0.25) is 0 Å². The van der Waals surface area contributed by atoms with Crippen molar-refractivity contribution in [1.82, 2.24) is 0 Å². The molecule has 1 fully saturated rings. The number of hydrogen-bond donors (Lipinski definition) is 1. The van der Waals surface area contributed by atoms with Crippen LogP contribution < -0.4 is 4.74 Å².